The molecule has 8 heteroatoms. The van der Waals surface area contributed by atoms with Crippen molar-refractivity contribution in [2.75, 3.05) is 14.1 Å². The van der Waals surface area contributed by atoms with Gasteiger partial charge >= 0.3 is 0 Å². The third-order valence-corrected chi connectivity index (χ3v) is 6.44. The van der Waals surface area contributed by atoms with Gasteiger partial charge in [0.1, 0.15) is 5.82 Å². The lowest BCUT2D eigenvalue weighted by Crippen LogP contribution is -2.25. The Morgan fingerprint density at radius 2 is 1.88 bits per heavy atom. The van der Waals surface area contributed by atoms with E-state index in [1.54, 1.807) is 19.1 Å². The second-order valence-corrected chi connectivity index (χ2v) is 8.67. The van der Waals surface area contributed by atoms with Crippen molar-refractivity contribution in [3.8, 4) is 0 Å². The molecule has 0 bridgehead atoms. The quantitative estimate of drug-likeness (QED) is 0.795. The van der Waals surface area contributed by atoms with E-state index in [1.807, 2.05) is 0 Å². The number of carbonyl (C=O) groups excluding carboxylic acids is 1. The molecule has 0 heterocycles. The number of carbonyl (C=O) groups is 1. The van der Waals surface area contributed by atoms with Crippen LogP contribution >= 0.6 is 15.9 Å². The number of sulfonamides is 1. The van der Waals surface area contributed by atoms with E-state index in [1.165, 1.54) is 38.4 Å². The lowest BCUT2D eigenvalue weighted by Gasteiger charge is -2.14. The SMILES string of the molecule is Cc1cc(CNC(=O)c2ccc(Br)c(S(=O)(=O)N(C)C)c2)ccc1F. The van der Waals surface area contributed by atoms with E-state index < -0.39 is 15.9 Å². The first kappa shape index (κ1) is 19.6. The summed E-state index contributed by atoms with van der Waals surface area (Å²) in [4.78, 5) is 12.3. The molecule has 0 unspecified atom stereocenters. The van der Waals surface area contributed by atoms with E-state index in [0.29, 0.717) is 10.0 Å². The first-order valence-corrected chi connectivity index (χ1v) is 9.61. The van der Waals surface area contributed by atoms with Crippen LogP contribution in [-0.2, 0) is 16.6 Å². The van der Waals surface area contributed by atoms with Crippen molar-refractivity contribution in [1.82, 2.24) is 9.62 Å². The molecule has 0 fully saturated rings. The van der Waals surface area contributed by atoms with Crippen LogP contribution in [-0.4, -0.2) is 32.7 Å². The molecule has 0 saturated carbocycles. The lowest BCUT2D eigenvalue weighted by molar-refractivity contribution is 0.0950. The highest BCUT2D eigenvalue weighted by molar-refractivity contribution is 9.10. The molecule has 25 heavy (non-hydrogen) atoms. The highest BCUT2D eigenvalue weighted by atomic mass is 79.9. The molecule has 0 saturated heterocycles. The van der Waals surface area contributed by atoms with Gasteiger partial charge in [-0.3, -0.25) is 4.79 Å². The Balaban J connectivity index is 2.21. The van der Waals surface area contributed by atoms with Crippen LogP contribution in [0.2, 0.25) is 0 Å². The van der Waals surface area contributed by atoms with E-state index >= 15 is 0 Å². The van der Waals surface area contributed by atoms with Crippen LogP contribution in [0.5, 0.6) is 0 Å². The Hall–Kier alpha value is -1.77. The van der Waals surface area contributed by atoms with Crippen molar-refractivity contribution in [2.24, 2.45) is 0 Å². The van der Waals surface area contributed by atoms with E-state index in [-0.39, 0.29) is 22.8 Å². The largest absolute Gasteiger partial charge is 0.348 e. The summed E-state index contributed by atoms with van der Waals surface area (Å²) in [7, 11) is -0.832. The molecule has 0 aliphatic carbocycles. The number of aryl methyl sites for hydroxylation is 1. The Labute approximate surface area is 155 Å². The van der Waals surface area contributed by atoms with Crippen molar-refractivity contribution in [1.29, 1.82) is 0 Å². The molecule has 0 spiro atoms. The smallest absolute Gasteiger partial charge is 0.251 e. The predicted molar refractivity (Wildman–Crippen MR) is 97.3 cm³/mol. The van der Waals surface area contributed by atoms with Crippen LogP contribution in [0, 0.1) is 12.7 Å². The fourth-order valence-electron chi connectivity index (χ4n) is 2.14. The van der Waals surface area contributed by atoms with E-state index in [0.717, 1.165) is 9.87 Å². The van der Waals surface area contributed by atoms with Crippen LogP contribution < -0.4 is 5.32 Å². The third kappa shape index (κ3) is 4.45. The third-order valence-electron chi connectivity index (χ3n) is 3.63. The van der Waals surface area contributed by atoms with Crippen LogP contribution in [0.4, 0.5) is 4.39 Å². The molecule has 0 aliphatic heterocycles. The van der Waals surface area contributed by atoms with Gasteiger partial charge in [-0.1, -0.05) is 12.1 Å². The molecule has 2 rings (SSSR count). The molecule has 5 nitrogen and oxygen atoms in total. The summed E-state index contributed by atoms with van der Waals surface area (Å²) in [6.45, 7) is 1.86. The molecule has 2 aromatic rings. The molecule has 0 aliphatic rings. The van der Waals surface area contributed by atoms with Crippen molar-refractivity contribution < 1.29 is 17.6 Å². The van der Waals surface area contributed by atoms with Gasteiger partial charge in [-0.2, -0.15) is 0 Å². The molecular formula is C17H18BrFN2O3S. The molecule has 0 aromatic heterocycles. The molecule has 134 valence electrons. The first-order chi connectivity index (χ1) is 11.6. The zero-order valence-corrected chi connectivity index (χ0v) is 16.4. The van der Waals surface area contributed by atoms with Gasteiger partial charge in [0.2, 0.25) is 10.0 Å². The van der Waals surface area contributed by atoms with Crippen molar-refractivity contribution in [3.63, 3.8) is 0 Å². The van der Waals surface area contributed by atoms with Gasteiger partial charge in [-0.15, -0.1) is 0 Å². The highest BCUT2D eigenvalue weighted by Gasteiger charge is 2.22. The van der Waals surface area contributed by atoms with Crippen LogP contribution in [0.3, 0.4) is 0 Å². The second-order valence-electron chi connectivity index (χ2n) is 5.70. The topological polar surface area (TPSA) is 66.5 Å². The predicted octanol–water partition coefficient (Wildman–Crippen LogP) is 3.08. The number of hydrogen-bond donors (Lipinski definition) is 1. The van der Waals surface area contributed by atoms with Gasteiger partial charge in [0.05, 0.1) is 4.90 Å². The lowest BCUT2D eigenvalue weighted by atomic mass is 10.1. The Kier molecular flexibility index (Phi) is 5.97. The summed E-state index contributed by atoms with van der Waals surface area (Å²) in [5, 5.41) is 2.70. The molecule has 0 atom stereocenters. The van der Waals surface area contributed by atoms with Crippen molar-refractivity contribution in [3.05, 3.63) is 63.4 Å². The summed E-state index contributed by atoms with van der Waals surface area (Å²) < 4.78 is 39.3. The normalized spacial score (nSPS) is 11.6. The second kappa shape index (κ2) is 7.63. The molecule has 2 aromatic carbocycles. The Bertz CT molecular complexity index is 914. The van der Waals surface area contributed by atoms with E-state index in [9.17, 15) is 17.6 Å². The minimum absolute atomic E-state index is 0.0165. The molecular weight excluding hydrogens is 411 g/mol. The number of nitrogens with zero attached hydrogens (tertiary/aromatic N) is 1. The van der Waals surface area contributed by atoms with Crippen molar-refractivity contribution in [2.45, 2.75) is 18.4 Å². The first-order valence-electron chi connectivity index (χ1n) is 7.38. The average Bonchev–Trinajstić information content (AvgIpc) is 2.55. The monoisotopic (exact) mass is 428 g/mol. The maximum atomic E-state index is 13.3. The van der Waals surface area contributed by atoms with Gasteiger partial charge in [0.25, 0.3) is 5.91 Å². The maximum absolute atomic E-state index is 13.3. The summed E-state index contributed by atoms with van der Waals surface area (Å²) in [5.74, 6) is -0.716. The summed E-state index contributed by atoms with van der Waals surface area (Å²) in [6, 6.07) is 8.96. The molecule has 1 amide bonds. The standard InChI is InChI=1S/C17H18BrFN2O3S/c1-11-8-12(4-7-15(11)19)10-20-17(22)13-5-6-14(18)16(9-13)25(23,24)21(2)3/h4-9H,10H2,1-3H3,(H,20,22). The Morgan fingerprint density at radius 1 is 1.20 bits per heavy atom. The van der Waals surface area contributed by atoms with E-state index in [4.69, 9.17) is 0 Å². The summed E-state index contributed by atoms with van der Waals surface area (Å²) in [6.07, 6.45) is 0. The number of amides is 1. The highest BCUT2D eigenvalue weighted by Crippen LogP contribution is 2.25. The number of hydrogen-bond acceptors (Lipinski definition) is 3. The molecule has 1 N–H and O–H groups in total. The summed E-state index contributed by atoms with van der Waals surface area (Å²) in [5.41, 5.74) is 1.47. The number of benzene rings is 2. The van der Waals surface area contributed by atoms with Crippen LogP contribution in [0.25, 0.3) is 0 Å². The van der Waals surface area contributed by atoms with Gasteiger partial charge in [-0.25, -0.2) is 17.1 Å². The zero-order valence-electron chi connectivity index (χ0n) is 14.0. The minimum Gasteiger partial charge on any atom is -0.348 e. The van der Waals surface area contributed by atoms with Crippen LogP contribution in [0.15, 0.2) is 45.8 Å². The Morgan fingerprint density at radius 3 is 2.48 bits per heavy atom. The zero-order chi connectivity index (χ0) is 18.8. The fraction of sp³-hybridized carbons (Fsp3) is 0.235. The molecule has 0 radical (unpaired) electrons. The summed E-state index contributed by atoms with van der Waals surface area (Å²) >= 11 is 3.20. The number of nitrogens with one attached hydrogen (secondary N) is 1. The van der Waals surface area contributed by atoms with Gasteiger partial charge in [0, 0.05) is 30.7 Å². The minimum atomic E-state index is -3.68. The maximum Gasteiger partial charge on any atom is 0.251 e. The van der Waals surface area contributed by atoms with Crippen LogP contribution in [0.1, 0.15) is 21.5 Å². The van der Waals surface area contributed by atoms with Gasteiger partial charge in [0.15, 0.2) is 0 Å². The number of rotatable bonds is 5. The average molecular weight is 429 g/mol. The van der Waals surface area contributed by atoms with Crippen molar-refractivity contribution >= 4 is 31.9 Å². The van der Waals surface area contributed by atoms with E-state index in [2.05, 4.69) is 21.2 Å². The number of halogens is 2. The fourth-order valence-corrected chi connectivity index (χ4v) is 3.98. The van der Waals surface area contributed by atoms with Gasteiger partial charge in [-0.05, 0) is 58.2 Å². The van der Waals surface area contributed by atoms with Gasteiger partial charge < -0.3 is 5.32 Å².